The topological polar surface area (TPSA) is 83.0 Å². The molecular formula is C16H15N2O4-. The summed E-state index contributed by atoms with van der Waals surface area (Å²) in [6, 6.07) is 11.5. The maximum absolute atomic E-state index is 10.6. The van der Waals surface area contributed by atoms with Crippen LogP contribution >= 0.6 is 0 Å². The lowest BCUT2D eigenvalue weighted by Crippen LogP contribution is -2.21. The number of anilines is 1. The molecule has 6 nitrogen and oxygen atoms in total. The molecule has 0 saturated heterocycles. The van der Waals surface area contributed by atoms with Gasteiger partial charge in [0, 0.05) is 11.6 Å². The lowest BCUT2D eigenvalue weighted by Gasteiger charge is -2.07. The summed E-state index contributed by atoms with van der Waals surface area (Å²) >= 11 is 0. The number of hydrazone groups is 1. The number of hydrogen-bond acceptors (Lipinski definition) is 6. The fourth-order valence-electron chi connectivity index (χ4n) is 1.78. The Morgan fingerprint density at radius 1 is 1.14 bits per heavy atom. The van der Waals surface area contributed by atoms with E-state index in [-0.39, 0.29) is 5.56 Å². The van der Waals surface area contributed by atoms with Gasteiger partial charge >= 0.3 is 0 Å². The Morgan fingerprint density at radius 2 is 1.86 bits per heavy atom. The van der Waals surface area contributed by atoms with Crippen molar-refractivity contribution < 1.29 is 19.4 Å². The van der Waals surface area contributed by atoms with Crippen LogP contribution in [0.2, 0.25) is 0 Å². The predicted octanol–water partition coefficient (Wildman–Crippen LogP) is 1.51. The molecule has 0 aromatic heterocycles. The van der Waals surface area contributed by atoms with Gasteiger partial charge in [0.15, 0.2) is 0 Å². The Hall–Kier alpha value is -3.02. The minimum Gasteiger partial charge on any atom is -0.545 e. The molecule has 0 radical (unpaired) electrons. The van der Waals surface area contributed by atoms with Gasteiger partial charge in [0.1, 0.15) is 11.5 Å². The third-order valence-electron chi connectivity index (χ3n) is 2.96. The van der Waals surface area contributed by atoms with Crippen LogP contribution in [0.25, 0.3) is 0 Å². The average Bonchev–Trinajstić information content (AvgIpc) is 2.55. The standard InChI is InChI=1S/C16H16N2O4/c1-21-14-8-5-12(15(9-14)22-2)10-17-18-13-6-3-11(4-7-13)16(19)20/h3-10,18H,1-2H3,(H,19,20)/p-1/b17-10-. The summed E-state index contributed by atoms with van der Waals surface area (Å²) in [7, 11) is 3.15. The Labute approximate surface area is 128 Å². The number of carbonyl (C=O) groups is 1. The van der Waals surface area contributed by atoms with E-state index in [1.54, 1.807) is 44.7 Å². The first-order valence-electron chi connectivity index (χ1n) is 6.46. The van der Waals surface area contributed by atoms with E-state index in [9.17, 15) is 9.90 Å². The molecule has 0 unspecified atom stereocenters. The molecule has 22 heavy (non-hydrogen) atoms. The Balaban J connectivity index is 2.07. The molecule has 2 rings (SSSR count). The number of benzene rings is 2. The van der Waals surface area contributed by atoms with E-state index in [1.807, 2.05) is 6.07 Å². The van der Waals surface area contributed by atoms with E-state index in [0.717, 1.165) is 5.56 Å². The normalized spacial score (nSPS) is 10.5. The van der Waals surface area contributed by atoms with Crippen molar-refractivity contribution in [3.8, 4) is 11.5 Å². The quantitative estimate of drug-likeness (QED) is 0.646. The summed E-state index contributed by atoms with van der Waals surface area (Å²) in [6.07, 6.45) is 1.60. The van der Waals surface area contributed by atoms with Crippen LogP contribution in [-0.4, -0.2) is 26.4 Å². The molecule has 0 spiro atoms. The average molecular weight is 299 g/mol. The SMILES string of the molecule is COc1ccc(/C=N\Nc2ccc(C(=O)[O-])cc2)c(OC)c1. The smallest absolute Gasteiger partial charge is 0.131 e. The molecule has 0 saturated carbocycles. The number of aromatic carboxylic acids is 1. The van der Waals surface area contributed by atoms with E-state index in [0.29, 0.717) is 17.2 Å². The lowest BCUT2D eigenvalue weighted by molar-refractivity contribution is -0.255. The largest absolute Gasteiger partial charge is 0.545 e. The second kappa shape index (κ2) is 7.12. The van der Waals surface area contributed by atoms with Crippen LogP contribution in [0.5, 0.6) is 11.5 Å². The molecular weight excluding hydrogens is 284 g/mol. The molecule has 0 aliphatic rings. The summed E-state index contributed by atoms with van der Waals surface area (Å²) < 4.78 is 10.4. The number of nitrogens with one attached hydrogen (secondary N) is 1. The van der Waals surface area contributed by atoms with E-state index in [2.05, 4.69) is 10.5 Å². The number of carbonyl (C=O) groups excluding carboxylic acids is 1. The highest BCUT2D eigenvalue weighted by Gasteiger charge is 2.02. The highest BCUT2D eigenvalue weighted by molar-refractivity contribution is 5.86. The van der Waals surface area contributed by atoms with Crippen molar-refractivity contribution in [3.05, 3.63) is 53.6 Å². The highest BCUT2D eigenvalue weighted by Crippen LogP contribution is 2.23. The van der Waals surface area contributed by atoms with Crippen molar-refractivity contribution in [1.29, 1.82) is 0 Å². The van der Waals surface area contributed by atoms with Crippen LogP contribution in [0.3, 0.4) is 0 Å². The number of nitrogens with zero attached hydrogens (tertiary/aromatic N) is 1. The maximum Gasteiger partial charge on any atom is 0.131 e. The molecule has 6 heteroatoms. The highest BCUT2D eigenvalue weighted by atomic mass is 16.5. The predicted molar refractivity (Wildman–Crippen MR) is 81.5 cm³/mol. The Kier molecular flexibility index (Phi) is 4.98. The Bertz CT molecular complexity index is 681. The molecule has 0 aliphatic carbocycles. The molecule has 0 bridgehead atoms. The van der Waals surface area contributed by atoms with Crippen LogP contribution in [0.1, 0.15) is 15.9 Å². The van der Waals surface area contributed by atoms with Crippen molar-refractivity contribution >= 4 is 17.9 Å². The van der Waals surface area contributed by atoms with Crippen LogP contribution < -0.4 is 20.0 Å². The molecule has 0 atom stereocenters. The van der Waals surface area contributed by atoms with Crippen molar-refractivity contribution in [3.63, 3.8) is 0 Å². The number of rotatable bonds is 6. The third kappa shape index (κ3) is 3.76. The maximum atomic E-state index is 10.6. The van der Waals surface area contributed by atoms with Gasteiger partial charge in [0.05, 0.1) is 32.1 Å². The van der Waals surface area contributed by atoms with Gasteiger partial charge in [-0.1, -0.05) is 12.1 Å². The van der Waals surface area contributed by atoms with E-state index in [4.69, 9.17) is 9.47 Å². The summed E-state index contributed by atoms with van der Waals surface area (Å²) in [4.78, 5) is 10.6. The van der Waals surface area contributed by atoms with Gasteiger partial charge in [-0.05, 0) is 29.8 Å². The molecule has 2 aromatic rings. The second-order valence-electron chi connectivity index (χ2n) is 4.34. The monoisotopic (exact) mass is 299 g/mol. The zero-order valence-corrected chi connectivity index (χ0v) is 12.2. The van der Waals surface area contributed by atoms with Crippen molar-refractivity contribution in [2.75, 3.05) is 19.6 Å². The van der Waals surface area contributed by atoms with Crippen molar-refractivity contribution in [2.24, 2.45) is 5.10 Å². The molecule has 0 fully saturated rings. The minimum absolute atomic E-state index is 0.117. The van der Waals surface area contributed by atoms with Gasteiger partial charge in [-0.2, -0.15) is 5.10 Å². The van der Waals surface area contributed by atoms with Gasteiger partial charge < -0.3 is 19.4 Å². The first-order chi connectivity index (χ1) is 10.6. The summed E-state index contributed by atoms with van der Waals surface area (Å²) in [5.74, 6) is 0.120. The number of carboxylic acids is 1. The summed E-state index contributed by atoms with van der Waals surface area (Å²) in [5.41, 5.74) is 4.37. The molecule has 2 aromatic carbocycles. The van der Waals surface area contributed by atoms with E-state index < -0.39 is 5.97 Å². The number of carboxylic acid groups (broad SMARTS) is 1. The second-order valence-corrected chi connectivity index (χ2v) is 4.34. The number of hydrogen-bond donors (Lipinski definition) is 1. The van der Waals surface area contributed by atoms with Crippen LogP contribution in [0, 0.1) is 0 Å². The first kappa shape index (κ1) is 15.4. The lowest BCUT2D eigenvalue weighted by atomic mass is 10.2. The molecule has 1 N–H and O–H groups in total. The third-order valence-corrected chi connectivity index (χ3v) is 2.96. The fraction of sp³-hybridized carbons (Fsp3) is 0.125. The Morgan fingerprint density at radius 3 is 2.45 bits per heavy atom. The van der Waals surface area contributed by atoms with Crippen molar-refractivity contribution in [1.82, 2.24) is 0 Å². The minimum atomic E-state index is -1.21. The fourth-order valence-corrected chi connectivity index (χ4v) is 1.78. The van der Waals surface area contributed by atoms with Crippen molar-refractivity contribution in [2.45, 2.75) is 0 Å². The van der Waals surface area contributed by atoms with Gasteiger partial charge in [0.25, 0.3) is 0 Å². The van der Waals surface area contributed by atoms with Crippen LogP contribution in [0.4, 0.5) is 5.69 Å². The summed E-state index contributed by atoms with van der Waals surface area (Å²) in [6.45, 7) is 0. The molecule has 114 valence electrons. The zero-order chi connectivity index (χ0) is 15.9. The van der Waals surface area contributed by atoms with Crippen LogP contribution in [0.15, 0.2) is 47.6 Å². The molecule has 0 heterocycles. The summed E-state index contributed by atoms with van der Waals surface area (Å²) in [5, 5.41) is 14.7. The molecule has 0 amide bonds. The van der Waals surface area contributed by atoms with Gasteiger partial charge in [0.2, 0.25) is 0 Å². The number of ether oxygens (including phenoxy) is 2. The molecule has 0 aliphatic heterocycles. The van der Waals surface area contributed by atoms with Crippen LogP contribution in [-0.2, 0) is 0 Å². The van der Waals surface area contributed by atoms with E-state index >= 15 is 0 Å². The van der Waals surface area contributed by atoms with Gasteiger partial charge in [-0.25, -0.2) is 0 Å². The number of methoxy groups -OCH3 is 2. The van der Waals surface area contributed by atoms with Gasteiger partial charge in [-0.3, -0.25) is 5.43 Å². The van der Waals surface area contributed by atoms with Gasteiger partial charge in [-0.15, -0.1) is 0 Å². The first-order valence-corrected chi connectivity index (χ1v) is 6.46. The zero-order valence-electron chi connectivity index (χ0n) is 12.2. The van der Waals surface area contributed by atoms with E-state index in [1.165, 1.54) is 12.1 Å².